The van der Waals surface area contributed by atoms with Crippen molar-refractivity contribution in [3.05, 3.63) is 0 Å². The Hall–Kier alpha value is -0.810. The minimum absolute atomic E-state index is 0.0495. The standard InChI is InChI=1S/C11H26N4O/c1-8(2)10(7-15(4)5)13-6-9(3)11(12)14-16/h8-10,13,16H,6-7H2,1-5H3,(H2,12,14). The van der Waals surface area contributed by atoms with Gasteiger partial charge in [-0.1, -0.05) is 25.9 Å². The lowest BCUT2D eigenvalue weighted by atomic mass is 10.0. The van der Waals surface area contributed by atoms with E-state index in [-0.39, 0.29) is 11.8 Å². The third kappa shape index (κ3) is 5.92. The molecule has 0 rings (SSSR count). The summed E-state index contributed by atoms with van der Waals surface area (Å²) in [5, 5.41) is 15.0. The Morgan fingerprint density at radius 2 is 1.94 bits per heavy atom. The molecule has 5 nitrogen and oxygen atoms in total. The molecule has 0 aromatic rings. The fourth-order valence-electron chi connectivity index (χ4n) is 1.44. The van der Waals surface area contributed by atoms with Crippen molar-refractivity contribution in [2.75, 3.05) is 27.2 Å². The molecular formula is C11H26N4O. The zero-order valence-electron chi connectivity index (χ0n) is 11.1. The monoisotopic (exact) mass is 230 g/mol. The van der Waals surface area contributed by atoms with E-state index in [0.717, 1.165) is 13.1 Å². The molecule has 5 heteroatoms. The Labute approximate surface area is 98.7 Å². The van der Waals surface area contributed by atoms with Crippen LogP contribution in [0.15, 0.2) is 5.16 Å². The molecule has 0 saturated heterocycles. The predicted molar refractivity (Wildman–Crippen MR) is 67.8 cm³/mol. The molecule has 0 fully saturated rings. The van der Waals surface area contributed by atoms with Gasteiger partial charge in [-0.25, -0.2) is 0 Å². The summed E-state index contributed by atoms with van der Waals surface area (Å²) in [5.41, 5.74) is 5.53. The molecule has 0 aliphatic rings. The zero-order chi connectivity index (χ0) is 12.7. The summed E-state index contributed by atoms with van der Waals surface area (Å²) in [5.74, 6) is 0.884. The van der Waals surface area contributed by atoms with Crippen molar-refractivity contribution in [1.82, 2.24) is 10.2 Å². The highest BCUT2D eigenvalue weighted by Crippen LogP contribution is 2.04. The van der Waals surface area contributed by atoms with Crippen molar-refractivity contribution in [1.29, 1.82) is 0 Å². The van der Waals surface area contributed by atoms with E-state index in [1.807, 2.05) is 6.92 Å². The smallest absolute Gasteiger partial charge is 0.143 e. The summed E-state index contributed by atoms with van der Waals surface area (Å²) in [4.78, 5) is 2.16. The number of hydrogen-bond donors (Lipinski definition) is 3. The molecule has 0 aliphatic heterocycles. The molecule has 0 aromatic heterocycles. The normalized spacial score (nSPS) is 16.8. The van der Waals surface area contributed by atoms with Gasteiger partial charge < -0.3 is 21.2 Å². The van der Waals surface area contributed by atoms with E-state index >= 15 is 0 Å². The van der Waals surface area contributed by atoms with Gasteiger partial charge in [0.15, 0.2) is 0 Å². The van der Waals surface area contributed by atoms with Crippen LogP contribution in [0.2, 0.25) is 0 Å². The first kappa shape index (κ1) is 15.2. The number of rotatable bonds is 7. The third-order valence-corrected chi connectivity index (χ3v) is 2.67. The first-order chi connectivity index (χ1) is 7.38. The van der Waals surface area contributed by atoms with Crippen LogP contribution < -0.4 is 11.1 Å². The number of amidine groups is 1. The molecule has 0 amide bonds. The quantitative estimate of drug-likeness (QED) is 0.258. The van der Waals surface area contributed by atoms with Crippen molar-refractivity contribution >= 4 is 5.84 Å². The summed E-state index contributed by atoms with van der Waals surface area (Å²) in [6, 6.07) is 0.420. The zero-order valence-corrected chi connectivity index (χ0v) is 11.1. The van der Waals surface area contributed by atoms with Crippen LogP contribution in [0, 0.1) is 11.8 Å². The summed E-state index contributed by atoms with van der Waals surface area (Å²) in [6.45, 7) is 8.03. The lowest BCUT2D eigenvalue weighted by Crippen LogP contribution is -2.45. The molecule has 0 radical (unpaired) electrons. The predicted octanol–water partition coefficient (Wildman–Crippen LogP) is 0.545. The molecule has 0 spiro atoms. The molecule has 16 heavy (non-hydrogen) atoms. The van der Waals surface area contributed by atoms with Gasteiger partial charge in [-0.2, -0.15) is 0 Å². The second kappa shape index (κ2) is 7.46. The van der Waals surface area contributed by atoms with E-state index in [9.17, 15) is 0 Å². The Kier molecular flexibility index (Phi) is 7.08. The SMILES string of the molecule is CC(CNC(CN(C)C)C(C)C)C(N)=NO. The Morgan fingerprint density at radius 3 is 2.31 bits per heavy atom. The molecule has 96 valence electrons. The van der Waals surface area contributed by atoms with Gasteiger partial charge in [0.25, 0.3) is 0 Å². The van der Waals surface area contributed by atoms with Crippen molar-refractivity contribution in [3.63, 3.8) is 0 Å². The fraction of sp³-hybridized carbons (Fsp3) is 0.909. The van der Waals surface area contributed by atoms with Crippen molar-refractivity contribution in [2.45, 2.75) is 26.8 Å². The maximum Gasteiger partial charge on any atom is 0.143 e. The van der Waals surface area contributed by atoms with Gasteiger partial charge in [0, 0.05) is 25.0 Å². The average Bonchev–Trinajstić information content (AvgIpc) is 2.21. The number of hydrogen-bond acceptors (Lipinski definition) is 4. The van der Waals surface area contributed by atoms with Gasteiger partial charge in [-0.15, -0.1) is 0 Å². The van der Waals surface area contributed by atoms with Crippen molar-refractivity contribution in [2.24, 2.45) is 22.7 Å². The number of nitrogens with two attached hydrogens (primary N) is 1. The highest BCUT2D eigenvalue weighted by atomic mass is 16.4. The number of nitrogens with zero attached hydrogens (tertiary/aromatic N) is 2. The molecule has 4 N–H and O–H groups in total. The van der Waals surface area contributed by atoms with Gasteiger partial charge in [0.1, 0.15) is 5.84 Å². The topological polar surface area (TPSA) is 73.9 Å². The van der Waals surface area contributed by atoms with E-state index in [1.54, 1.807) is 0 Å². The van der Waals surface area contributed by atoms with E-state index in [2.05, 4.69) is 43.3 Å². The first-order valence-electron chi connectivity index (χ1n) is 5.74. The fourth-order valence-corrected chi connectivity index (χ4v) is 1.44. The molecule has 0 aromatic carbocycles. The summed E-state index contributed by atoms with van der Waals surface area (Å²) in [6.07, 6.45) is 0. The minimum Gasteiger partial charge on any atom is -0.409 e. The van der Waals surface area contributed by atoms with Crippen molar-refractivity contribution < 1.29 is 5.21 Å². The highest BCUT2D eigenvalue weighted by molar-refractivity contribution is 5.82. The van der Waals surface area contributed by atoms with E-state index in [4.69, 9.17) is 10.9 Å². The van der Waals surface area contributed by atoms with E-state index in [1.165, 1.54) is 0 Å². The van der Waals surface area contributed by atoms with Crippen LogP contribution in [0.3, 0.4) is 0 Å². The number of likely N-dealkylation sites (N-methyl/N-ethyl adjacent to an activating group) is 1. The maximum absolute atomic E-state index is 8.55. The van der Waals surface area contributed by atoms with E-state index < -0.39 is 0 Å². The molecule has 0 heterocycles. The number of nitrogens with one attached hydrogen (secondary N) is 1. The highest BCUT2D eigenvalue weighted by Gasteiger charge is 2.16. The summed E-state index contributed by atoms with van der Waals surface area (Å²) in [7, 11) is 4.12. The molecule has 2 atom stereocenters. The minimum atomic E-state index is 0.0495. The molecule has 0 bridgehead atoms. The van der Waals surface area contributed by atoms with Gasteiger partial charge in [-0.3, -0.25) is 0 Å². The van der Waals surface area contributed by atoms with Gasteiger partial charge in [0.05, 0.1) is 0 Å². The summed E-state index contributed by atoms with van der Waals surface area (Å²) >= 11 is 0. The van der Waals surface area contributed by atoms with Crippen LogP contribution in [0.5, 0.6) is 0 Å². The average molecular weight is 230 g/mol. The first-order valence-corrected chi connectivity index (χ1v) is 5.74. The molecule has 2 unspecified atom stereocenters. The second-order valence-electron chi connectivity index (χ2n) is 4.95. The van der Waals surface area contributed by atoms with E-state index in [0.29, 0.717) is 12.0 Å². The van der Waals surface area contributed by atoms with Crippen molar-refractivity contribution in [3.8, 4) is 0 Å². The Morgan fingerprint density at radius 1 is 1.38 bits per heavy atom. The Bertz CT molecular complexity index is 216. The third-order valence-electron chi connectivity index (χ3n) is 2.67. The van der Waals surface area contributed by atoms with Crippen LogP contribution in [0.25, 0.3) is 0 Å². The lowest BCUT2D eigenvalue weighted by Gasteiger charge is -2.27. The van der Waals surface area contributed by atoms with Crippen LogP contribution in [0.1, 0.15) is 20.8 Å². The molecule has 0 saturated carbocycles. The number of oxime groups is 1. The molecular weight excluding hydrogens is 204 g/mol. The lowest BCUT2D eigenvalue weighted by molar-refractivity contribution is 0.283. The van der Waals surface area contributed by atoms with Gasteiger partial charge in [-0.05, 0) is 20.0 Å². The largest absolute Gasteiger partial charge is 0.409 e. The van der Waals surface area contributed by atoms with Gasteiger partial charge >= 0.3 is 0 Å². The Balaban J connectivity index is 4.11. The van der Waals surface area contributed by atoms with Crippen LogP contribution in [-0.4, -0.2) is 49.2 Å². The summed E-state index contributed by atoms with van der Waals surface area (Å²) < 4.78 is 0. The van der Waals surface area contributed by atoms with Crippen LogP contribution in [0.4, 0.5) is 0 Å². The van der Waals surface area contributed by atoms with Crippen LogP contribution in [-0.2, 0) is 0 Å². The second-order valence-corrected chi connectivity index (χ2v) is 4.95. The maximum atomic E-state index is 8.55. The van der Waals surface area contributed by atoms with Gasteiger partial charge in [0.2, 0.25) is 0 Å². The molecule has 0 aliphatic carbocycles. The van der Waals surface area contributed by atoms with Crippen LogP contribution >= 0.6 is 0 Å².